The van der Waals surface area contributed by atoms with Gasteiger partial charge in [0.15, 0.2) is 0 Å². The highest BCUT2D eigenvalue weighted by Crippen LogP contribution is 2.40. The number of nitrogens with zero attached hydrogens (tertiary/aromatic N) is 4. The molecule has 2 fully saturated rings. The van der Waals surface area contributed by atoms with Crippen molar-refractivity contribution in [1.29, 1.82) is 0 Å². The van der Waals surface area contributed by atoms with Gasteiger partial charge in [-0.2, -0.15) is 4.31 Å². The maximum absolute atomic E-state index is 13.8. The number of piperidine rings is 1. The van der Waals surface area contributed by atoms with E-state index in [9.17, 15) is 12.8 Å². The van der Waals surface area contributed by atoms with E-state index in [4.69, 9.17) is 0 Å². The summed E-state index contributed by atoms with van der Waals surface area (Å²) in [6.45, 7) is 2.46. The molecule has 134 valence electrons. The van der Waals surface area contributed by atoms with E-state index in [1.165, 1.54) is 16.4 Å². The Morgan fingerprint density at radius 3 is 2.52 bits per heavy atom. The van der Waals surface area contributed by atoms with Crippen LogP contribution in [-0.2, 0) is 10.0 Å². The van der Waals surface area contributed by atoms with E-state index in [0.29, 0.717) is 37.4 Å². The number of halogens is 1. The average molecular weight is 364 g/mol. The van der Waals surface area contributed by atoms with Gasteiger partial charge in [0.1, 0.15) is 18.0 Å². The minimum Gasteiger partial charge on any atom is -0.314 e. The van der Waals surface area contributed by atoms with Gasteiger partial charge >= 0.3 is 0 Å². The number of sulfonamides is 1. The van der Waals surface area contributed by atoms with E-state index in [-0.39, 0.29) is 10.9 Å². The zero-order valence-electron chi connectivity index (χ0n) is 14.1. The lowest BCUT2D eigenvalue weighted by Crippen LogP contribution is -2.39. The van der Waals surface area contributed by atoms with Gasteiger partial charge in [0.05, 0.1) is 4.90 Å². The zero-order chi connectivity index (χ0) is 17.6. The fraction of sp³-hybridized carbons (Fsp3) is 0.529. The lowest BCUT2D eigenvalue weighted by molar-refractivity contribution is 0.270. The molecule has 2 heterocycles. The molecule has 1 aromatic heterocycles. The van der Waals surface area contributed by atoms with E-state index in [0.717, 1.165) is 24.7 Å². The molecule has 0 atom stereocenters. The summed E-state index contributed by atoms with van der Waals surface area (Å²) >= 11 is 0. The van der Waals surface area contributed by atoms with Crippen LogP contribution < -0.4 is 0 Å². The van der Waals surface area contributed by atoms with Gasteiger partial charge in [-0.05, 0) is 50.3 Å². The molecule has 1 aliphatic carbocycles. The van der Waals surface area contributed by atoms with Crippen LogP contribution in [0, 0.1) is 12.7 Å². The average Bonchev–Trinajstić information content (AvgIpc) is 3.34. The SMILES string of the molecule is Cc1ccc(S(=O)(=O)N2CCC(n3cnnc3C3CC3)CC2)cc1F. The molecule has 4 rings (SSSR count). The third-order valence-corrected chi connectivity index (χ3v) is 7.04. The zero-order valence-corrected chi connectivity index (χ0v) is 14.9. The van der Waals surface area contributed by atoms with E-state index in [1.54, 1.807) is 13.3 Å². The van der Waals surface area contributed by atoms with Crippen LogP contribution in [0.3, 0.4) is 0 Å². The molecule has 6 nitrogen and oxygen atoms in total. The minimum absolute atomic E-state index is 0.0250. The predicted octanol–water partition coefficient (Wildman–Crippen LogP) is 2.63. The number of aromatic nitrogens is 3. The van der Waals surface area contributed by atoms with Crippen LogP contribution >= 0.6 is 0 Å². The molecule has 0 spiro atoms. The van der Waals surface area contributed by atoms with Crippen LogP contribution in [0.25, 0.3) is 0 Å². The summed E-state index contributed by atoms with van der Waals surface area (Å²) in [4.78, 5) is 0.0250. The number of hydrogen-bond acceptors (Lipinski definition) is 4. The molecular formula is C17H21FN4O2S. The second-order valence-corrected chi connectivity index (χ2v) is 8.85. The lowest BCUT2D eigenvalue weighted by Gasteiger charge is -2.32. The second kappa shape index (κ2) is 6.17. The van der Waals surface area contributed by atoms with Gasteiger partial charge in [-0.1, -0.05) is 6.07 Å². The molecule has 0 radical (unpaired) electrons. The van der Waals surface area contributed by atoms with Crippen LogP contribution in [0.15, 0.2) is 29.4 Å². The monoisotopic (exact) mass is 364 g/mol. The van der Waals surface area contributed by atoms with Gasteiger partial charge in [0.25, 0.3) is 0 Å². The van der Waals surface area contributed by atoms with Gasteiger partial charge < -0.3 is 4.57 Å². The van der Waals surface area contributed by atoms with E-state index in [2.05, 4.69) is 14.8 Å². The van der Waals surface area contributed by atoms with Gasteiger partial charge in [-0.15, -0.1) is 10.2 Å². The lowest BCUT2D eigenvalue weighted by atomic mass is 10.1. The summed E-state index contributed by atoms with van der Waals surface area (Å²) in [5.74, 6) is 1.05. The van der Waals surface area contributed by atoms with Crippen LogP contribution in [0.1, 0.15) is 49.0 Å². The van der Waals surface area contributed by atoms with Crippen LogP contribution in [0.2, 0.25) is 0 Å². The first kappa shape index (κ1) is 16.7. The Kier molecular flexibility index (Phi) is 4.11. The maximum atomic E-state index is 13.8. The fourth-order valence-corrected chi connectivity index (χ4v) is 4.89. The van der Waals surface area contributed by atoms with Crippen molar-refractivity contribution in [2.75, 3.05) is 13.1 Å². The molecule has 0 amide bonds. The Morgan fingerprint density at radius 1 is 1.16 bits per heavy atom. The Hall–Kier alpha value is -1.80. The van der Waals surface area contributed by atoms with Crippen molar-refractivity contribution in [3.8, 4) is 0 Å². The summed E-state index contributed by atoms with van der Waals surface area (Å²) in [7, 11) is -3.65. The highest BCUT2D eigenvalue weighted by molar-refractivity contribution is 7.89. The largest absolute Gasteiger partial charge is 0.314 e. The summed E-state index contributed by atoms with van der Waals surface area (Å²) in [5, 5.41) is 8.26. The van der Waals surface area contributed by atoms with Gasteiger partial charge in [-0.3, -0.25) is 0 Å². The smallest absolute Gasteiger partial charge is 0.243 e. The molecule has 1 aromatic carbocycles. The summed E-state index contributed by atoms with van der Waals surface area (Å²) < 4.78 is 42.8. The van der Waals surface area contributed by atoms with Crippen molar-refractivity contribution in [2.45, 2.75) is 49.5 Å². The van der Waals surface area contributed by atoms with Crippen molar-refractivity contribution in [3.05, 3.63) is 41.7 Å². The van der Waals surface area contributed by atoms with Gasteiger partial charge in [0, 0.05) is 25.0 Å². The van der Waals surface area contributed by atoms with Crippen molar-refractivity contribution < 1.29 is 12.8 Å². The normalized spacial score (nSPS) is 20.1. The standard InChI is InChI=1S/C17H21FN4O2S/c1-12-2-5-15(10-16(12)18)25(23,24)21-8-6-14(7-9-21)22-11-19-20-17(22)13-3-4-13/h2,5,10-11,13-14H,3-4,6-9H2,1H3. The van der Waals surface area contributed by atoms with Crippen molar-refractivity contribution in [2.24, 2.45) is 0 Å². The first-order valence-electron chi connectivity index (χ1n) is 8.62. The molecule has 2 aromatic rings. The molecular weight excluding hydrogens is 343 g/mol. The number of aryl methyl sites for hydroxylation is 1. The van der Waals surface area contributed by atoms with E-state index < -0.39 is 15.8 Å². The highest BCUT2D eigenvalue weighted by atomic mass is 32.2. The van der Waals surface area contributed by atoms with E-state index >= 15 is 0 Å². The Morgan fingerprint density at radius 2 is 1.88 bits per heavy atom. The first-order valence-corrected chi connectivity index (χ1v) is 10.1. The van der Waals surface area contributed by atoms with Gasteiger partial charge in [-0.25, -0.2) is 12.8 Å². The van der Waals surface area contributed by atoms with Crippen molar-refractivity contribution in [1.82, 2.24) is 19.1 Å². The highest BCUT2D eigenvalue weighted by Gasteiger charge is 2.34. The molecule has 1 aliphatic heterocycles. The third-order valence-electron chi connectivity index (χ3n) is 5.14. The summed E-state index contributed by atoms with van der Waals surface area (Å²) in [6.07, 6.45) is 5.50. The summed E-state index contributed by atoms with van der Waals surface area (Å²) in [5.41, 5.74) is 0.442. The molecule has 1 saturated heterocycles. The molecule has 8 heteroatoms. The molecule has 0 N–H and O–H groups in total. The van der Waals surface area contributed by atoms with E-state index in [1.807, 2.05) is 0 Å². The Labute approximate surface area is 146 Å². The molecule has 0 unspecified atom stereocenters. The molecule has 0 bridgehead atoms. The van der Waals surface area contributed by atoms with Crippen LogP contribution in [0.5, 0.6) is 0 Å². The minimum atomic E-state index is -3.65. The predicted molar refractivity (Wildman–Crippen MR) is 90.2 cm³/mol. The number of rotatable bonds is 4. The first-order chi connectivity index (χ1) is 12.0. The topological polar surface area (TPSA) is 68.1 Å². The Bertz CT molecular complexity index is 884. The molecule has 2 aliphatic rings. The van der Waals surface area contributed by atoms with Crippen molar-refractivity contribution >= 4 is 10.0 Å². The molecule has 25 heavy (non-hydrogen) atoms. The summed E-state index contributed by atoms with van der Waals surface area (Å²) in [6, 6.07) is 4.33. The molecule has 1 saturated carbocycles. The van der Waals surface area contributed by atoms with Crippen molar-refractivity contribution in [3.63, 3.8) is 0 Å². The number of benzene rings is 1. The van der Waals surface area contributed by atoms with Crippen LogP contribution in [-0.4, -0.2) is 40.6 Å². The van der Waals surface area contributed by atoms with Gasteiger partial charge in [0.2, 0.25) is 10.0 Å². The number of hydrogen-bond donors (Lipinski definition) is 0. The Balaban J connectivity index is 1.49. The quantitative estimate of drug-likeness (QED) is 0.836. The second-order valence-electron chi connectivity index (χ2n) is 6.92. The third kappa shape index (κ3) is 3.08. The fourth-order valence-electron chi connectivity index (χ4n) is 3.41. The van der Waals surface area contributed by atoms with Crippen LogP contribution in [0.4, 0.5) is 4.39 Å². The maximum Gasteiger partial charge on any atom is 0.243 e.